The molecule has 1 fully saturated rings. The van der Waals surface area contributed by atoms with Gasteiger partial charge in [0.05, 0.1) is 0 Å². The maximum absolute atomic E-state index is 12.4. The smallest absolute Gasteiger partial charge is 0.254 e. The number of hydrogen-bond donors (Lipinski definition) is 1. The molecule has 2 atom stereocenters. The number of nitrogens with zero attached hydrogens (tertiary/aromatic N) is 2. The lowest BCUT2D eigenvalue weighted by Gasteiger charge is -2.39. The Balaban J connectivity index is 2.18. The van der Waals surface area contributed by atoms with Crippen LogP contribution in [0.3, 0.4) is 0 Å². The van der Waals surface area contributed by atoms with E-state index in [2.05, 4.69) is 11.9 Å². The second kappa shape index (κ2) is 5.27. The number of amides is 1. The molecule has 2 N–H and O–H groups in total. The van der Waals surface area contributed by atoms with Gasteiger partial charge in [-0.3, -0.25) is 9.78 Å². The van der Waals surface area contributed by atoms with Crippen molar-refractivity contribution in [2.24, 2.45) is 11.7 Å². The van der Waals surface area contributed by atoms with Crippen LogP contribution in [0.5, 0.6) is 0 Å². The van der Waals surface area contributed by atoms with Gasteiger partial charge in [-0.05, 0) is 30.9 Å². The van der Waals surface area contributed by atoms with Crippen LogP contribution in [0.1, 0.15) is 30.1 Å². The van der Waals surface area contributed by atoms with Gasteiger partial charge in [0.15, 0.2) is 0 Å². The van der Waals surface area contributed by atoms with Crippen molar-refractivity contribution in [2.45, 2.75) is 25.8 Å². The summed E-state index contributed by atoms with van der Waals surface area (Å²) in [4.78, 5) is 18.2. The predicted octanol–water partition coefficient (Wildman–Crippen LogP) is 1.28. The lowest BCUT2D eigenvalue weighted by Crippen LogP contribution is -2.51. The summed E-state index contributed by atoms with van der Waals surface area (Å²) in [7, 11) is 0. The molecule has 92 valence electrons. The van der Waals surface area contributed by atoms with Crippen LogP contribution in [-0.2, 0) is 0 Å². The van der Waals surface area contributed by atoms with E-state index in [4.69, 9.17) is 5.73 Å². The molecule has 0 aliphatic carbocycles. The molecule has 0 radical (unpaired) electrons. The van der Waals surface area contributed by atoms with Gasteiger partial charge in [-0.25, -0.2) is 0 Å². The molecule has 0 aromatic carbocycles. The highest BCUT2D eigenvalue weighted by atomic mass is 16.2. The second-order valence-corrected chi connectivity index (χ2v) is 4.66. The molecule has 0 saturated carbocycles. The molecule has 1 amide bonds. The van der Waals surface area contributed by atoms with Gasteiger partial charge in [-0.1, -0.05) is 6.92 Å². The van der Waals surface area contributed by atoms with Gasteiger partial charge >= 0.3 is 0 Å². The first-order valence-corrected chi connectivity index (χ1v) is 6.15. The molecule has 1 saturated heterocycles. The monoisotopic (exact) mass is 233 g/mol. The summed E-state index contributed by atoms with van der Waals surface area (Å²) < 4.78 is 0. The van der Waals surface area contributed by atoms with E-state index in [1.165, 1.54) is 0 Å². The zero-order valence-corrected chi connectivity index (χ0v) is 10.2. The van der Waals surface area contributed by atoms with Gasteiger partial charge in [0.25, 0.3) is 5.91 Å². The van der Waals surface area contributed by atoms with Crippen molar-refractivity contribution in [3.8, 4) is 0 Å². The van der Waals surface area contributed by atoms with Gasteiger partial charge < -0.3 is 10.6 Å². The van der Waals surface area contributed by atoms with Crippen molar-refractivity contribution >= 4 is 5.91 Å². The number of aromatic nitrogens is 1. The summed E-state index contributed by atoms with van der Waals surface area (Å²) in [5.74, 6) is 0.564. The Hall–Kier alpha value is -1.42. The fraction of sp³-hybridized carbons (Fsp3) is 0.538. The van der Waals surface area contributed by atoms with Crippen molar-refractivity contribution in [2.75, 3.05) is 13.1 Å². The first kappa shape index (κ1) is 12.0. The Morgan fingerprint density at radius 2 is 2.24 bits per heavy atom. The molecular formula is C13H19N3O. The summed E-state index contributed by atoms with van der Waals surface area (Å²) in [5, 5.41) is 0. The van der Waals surface area contributed by atoms with Crippen LogP contribution < -0.4 is 5.73 Å². The Kier molecular flexibility index (Phi) is 3.74. The number of pyridine rings is 1. The molecule has 2 heterocycles. The zero-order chi connectivity index (χ0) is 12.3. The third-order valence-electron chi connectivity index (χ3n) is 3.55. The molecule has 2 rings (SSSR count). The minimum atomic E-state index is 0.0781. The SMILES string of the molecule is C[C@H]1CCCN(C(=O)c2ccncc2)[C@@H]1CN. The third kappa shape index (κ3) is 2.47. The Morgan fingerprint density at radius 3 is 2.88 bits per heavy atom. The second-order valence-electron chi connectivity index (χ2n) is 4.66. The number of carbonyl (C=O) groups is 1. The van der Waals surface area contributed by atoms with Crippen LogP contribution in [0.25, 0.3) is 0 Å². The molecular weight excluding hydrogens is 214 g/mol. The van der Waals surface area contributed by atoms with Crippen LogP contribution in [-0.4, -0.2) is 34.9 Å². The molecule has 1 aliphatic heterocycles. The number of piperidine rings is 1. The van der Waals surface area contributed by atoms with Gasteiger partial charge in [-0.2, -0.15) is 0 Å². The number of rotatable bonds is 2. The Morgan fingerprint density at radius 1 is 1.53 bits per heavy atom. The average Bonchev–Trinajstić information content (AvgIpc) is 2.38. The van der Waals surface area contributed by atoms with E-state index in [9.17, 15) is 4.79 Å². The summed E-state index contributed by atoms with van der Waals surface area (Å²) in [6.45, 7) is 3.52. The van der Waals surface area contributed by atoms with E-state index < -0.39 is 0 Å². The quantitative estimate of drug-likeness (QED) is 0.837. The fourth-order valence-corrected chi connectivity index (χ4v) is 2.52. The summed E-state index contributed by atoms with van der Waals surface area (Å²) in [6, 6.07) is 3.69. The Labute approximate surface area is 102 Å². The molecule has 17 heavy (non-hydrogen) atoms. The summed E-state index contributed by atoms with van der Waals surface area (Å²) in [5.41, 5.74) is 6.50. The number of likely N-dealkylation sites (tertiary alicyclic amines) is 1. The number of carbonyl (C=O) groups excluding carboxylic acids is 1. The largest absolute Gasteiger partial charge is 0.334 e. The first-order valence-electron chi connectivity index (χ1n) is 6.15. The minimum Gasteiger partial charge on any atom is -0.334 e. The summed E-state index contributed by atoms with van der Waals surface area (Å²) in [6.07, 6.45) is 5.52. The van der Waals surface area contributed by atoms with E-state index in [0.717, 1.165) is 19.4 Å². The normalized spacial score (nSPS) is 24.7. The molecule has 0 unspecified atom stereocenters. The number of nitrogens with two attached hydrogens (primary N) is 1. The first-order chi connectivity index (χ1) is 8.24. The lowest BCUT2D eigenvalue weighted by molar-refractivity contribution is 0.0532. The standard InChI is InChI=1S/C13H19N3O/c1-10-3-2-8-16(12(10)9-14)13(17)11-4-6-15-7-5-11/h4-7,10,12H,2-3,8-9,14H2,1H3/t10-,12+/m0/s1. The lowest BCUT2D eigenvalue weighted by atomic mass is 9.90. The summed E-state index contributed by atoms with van der Waals surface area (Å²) >= 11 is 0. The molecule has 1 aromatic heterocycles. The predicted molar refractivity (Wildman–Crippen MR) is 66.5 cm³/mol. The minimum absolute atomic E-state index is 0.0781. The van der Waals surface area contributed by atoms with Crippen molar-refractivity contribution < 1.29 is 4.79 Å². The van der Waals surface area contributed by atoms with Gasteiger partial charge in [0.2, 0.25) is 0 Å². The number of hydrogen-bond acceptors (Lipinski definition) is 3. The highest BCUT2D eigenvalue weighted by Gasteiger charge is 2.31. The fourth-order valence-electron chi connectivity index (χ4n) is 2.52. The van der Waals surface area contributed by atoms with E-state index in [0.29, 0.717) is 18.0 Å². The maximum Gasteiger partial charge on any atom is 0.254 e. The van der Waals surface area contributed by atoms with E-state index in [-0.39, 0.29) is 11.9 Å². The average molecular weight is 233 g/mol. The molecule has 0 bridgehead atoms. The van der Waals surface area contributed by atoms with Gasteiger partial charge in [0.1, 0.15) is 0 Å². The molecule has 1 aromatic rings. The van der Waals surface area contributed by atoms with E-state index >= 15 is 0 Å². The van der Waals surface area contributed by atoms with Crippen LogP contribution >= 0.6 is 0 Å². The van der Waals surface area contributed by atoms with Crippen molar-refractivity contribution in [1.82, 2.24) is 9.88 Å². The highest BCUT2D eigenvalue weighted by Crippen LogP contribution is 2.24. The van der Waals surface area contributed by atoms with E-state index in [1.807, 2.05) is 4.90 Å². The van der Waals surface area contributed by atoms with E-state index in [1.54, 1.807) is 24.5 Å². The zero-order valence-electron chi connectivity index (χ0n) is 10.2. The molecule has 4 heteroatoms. The van der Waals surface area contributed by atoms with Crippen LogP contribution in [0.4, 0.5) is 0 Å². The van der Waals surface area contributed by atoms with Crippen LogP contribution in [0.15, 0.2) is 24.5 Å². The maximum atomic E-state index is 12.4. The molecule has 0 spiro atoms. The van der Waals surface area contributed by atoms with Crippen LogP contribution in [0, 0.1) is 5.92 Å². The van der Waals surface area contributed by atoms with Crippen molar-refractivity contribution in [1.29, 1.82) is 0 Å². The molecule has 1 aliphatic rings. The molecule has 4 nitrogen and oxygen atoms in total. The van der Waals surface area contributed by atoms with Gasteiger partial charge in [-0.15, -0.1) is 0 Å². The third-order valence-corrected chi connectivity index (χ3v) is 3.55. The highest BCUT2D eigenvalue weighted by molar-refractivity contribution is 5.94. The topological polar surface area (TPSA) is 59.2 Å². The van der Waals surface area contributed by atoms with Crippen molar-refractivity contribution in [3.63, 3.8) is 0 Å². The Bertz CT molecular complexity index is 380. The van der Waals surface area contributed by atoms with Crippen LogP contribution in [0.2, 0.25) is 0 Å². The van der Waals surface area contributed by atoms with Gasteiger partial charge in [0, 0.05) is 37.1 Å². The van der Waals surface area contributed by atoms with Crippen molar-refractivity contribution in [3.05, 3.63) is 30.1 Å².